The molecule has 0 aliphatic heterocycles. The minimum absolute atomic E-state index is 0.0244. The standard InChI is InChI=1S/C20H25N3O2/c1-14-5-7-18(8-6-14)19(22-16(3)24)13-20(25)23(4)15(2)17-9-11-21-12-10-17/h5-12,15,19H,13H2,1-4H3,(H,22,24)/t15-,19-/m0/s1. The van der Waals surface area contributed by atoms with Crippen molar-refractivity contribution in [2.75, 3.05) is 7.05 Å². The molecule has 1 aromatic carbocycles. The summed E-state index contributed by atoms with van der Waals surface area (Å²) in [5.41, 5.74) is 3.09. The highest BCUT2D eigenvalue weighted by atomic mass is 16.2. The minimum atomic E-state index is -0.335. The van der Waals surface area contributed by atoms with Gasteiger partial charge in [0.1, 0.15) is 0 Å². The Balaban J connectivity index is 2.13. The molecular formula is C20H25N3O2. The second-order valence-electron chi connectivity index (χ2n) is 6.33. The highest BCUT2D eigenvalue weighted by Crippen LogP contribution is 2.23. The largest absolute Gasteiger partial charge is 0.349 e. The summed E-state index contributed by atoms with van der Waals surface area (Å²) in [4.78, 5) is 30.0. The zero-order valence-electron chi connectivity index (χ0n) is 15.2. The number of pyridine rings is 1. The summed E-state index contributed by atoms with van der Waals surface area (Å²) in [7, 11) is 1.79. The molecule has 0 saturated heterocycles. The molecule has 0 bridgehead atoms. The molecule has 1 heterocycles. The highest BCUT2D eigenvalue weighted by molar-refractivity contribution is 5.79. The summed E-state index contributed by atoms with van der Waals surface area (Å²) in [6.07, 6.45) is 3.65. The second kappa shape index (κ2) is 8.42. The molecule has 0 saturated carbocycles. The molecule has 2 atom stereocenters. The third-order valence-corrected chi connectivity index (χ3v) is 4.40. The van der Waals surface area contributed by atoms with E-state index in [1.165, 1.54) is 6.92 Å². The van der Waals surface area contributed by atoms with E-state index in [0.717, 1.165) is 16.7 Å². The molecule has 1 N–H and O–H groups in total. The number of aryl methyl sites for hydroxylation is 1. The van der Waals surface area contributed by atoms with Crippen LogP contribution in [-0.4, -0.2) is 28.7 Å². The monoisotopic (exact) mass is 339 g/mol. The molecule has 5 heteroatoms. The van der Waals surface area contributed by atoms with Crippen molar-refractivity contribution >= 4 is 11.8 Å². The van der Waals surface area contributed by atoms with Crippen LogP contribution in [0.3, 0.4) is 0 Å². The zero-order chi connectivity index (χ0) is 18.4. The van der Waals surface area contributed by atoms with Crippen LogP contribution < -0.4 is 5.32 Å². The van der Waals surface area contributed by atoms with Crippen LogP contribution in [0.15, 0.2) is 48.8 Å². The maximum atomic E-state index is 12.7. The number of nitrogens with zero attached hydrogens (tertiary/aromatic N) is 2. The zero-order valence-corrected chi connectivity index (χ0v) is 15.2. The van der Waals surface area contributed by atoms with Gasteiger partial charge in [-0.3, -0.25) is 14.6 Å². The van der Waals surface area contributed by atoms with E-state index in [2.05, 4.69) is 10.3 Å². The number of hydrogen-bond donors (Lipinski definition) is 1. The molecule has 0 fully saturated rings. The summed E-state index contributed by atoms with van der Waals surface area (Å²) < 4.78 is 0. The van der Waals surface area contributed by atoms with Gasteiger partial charge in [-0.1, -0.05) is 29.8 Å². The number of hydrogen-bond acceptors (Lipinski definition) is 3. The predicted molar refractivity (Wildman–Crippen MR) is 97.8 cm³/mol. The van der Waals surface area contributed by atoms with Crippen molar-refractivity contribution in [1.82, 2.24) is 15.2 Å². The molecule has 1 aromatic heterocycles. The SMILES string of the molecule is CC(=O)N[C@@H](CC(=O)N(C)[C@@H](C)c1ccncc1)c1ccc(C)cc1. The van der Waals surface area contributed by atoms with Gasteiger partial charge in [0.2, 0.25) is 11.8 Å². The fourth-order valence-electron chi connectivity index (χ4n) is 2.70. The summed E-state index contributed by atoms with van der Waals surface area (Å²) in [6.45, 7) is 5.45. The molecule has 5 nitrogen and oxygen atoms in total. The minimum Gasteiger partial charge on any atom is -0.349 e. The van der Waals surface area contributed by atoms with Crippen LogP contribution in [0.5, 0.6) is 0 Å². The lowest BCUT2D eigenvalue weighted by Crippen LogP contribution is -2.35. The van der Waals surface area contributed by atoms with Crippen LogP contribution in [0, 0.1) is 6.92 Å². The first-order chi connectivity index (χ1) is 11.9. The Morgan fingerprint density at radius 3 is 2.24 bits per heavy atom. The Labute approximate surface area is 149 Å². The van der Waals surface area contributed by atoms with Crippen molar-refractivity contribution in [2.24, 2.45) is 0 Å². The van der Waals surface area contributed by atoms with Crippen molar-refractivity contribution in [2.45, 2.75) is 39.3 Å². The molecule has 0 unspecified atom stereocenters. The van der Waals surface area contributed by atoms with Crippen molar-refractivity contribution in [1.29, 1.82) is 0 Å². The highest BCUT2D eigenvalue weighted by Gasteiger charge is 2.22. The van der Waals surface area contributed by atoms with Gasteiger partial charge in [0.05, 0.1) is 18.5 Å². The van der Waals surface area contributed by atoms with Crippen LogP contribution >= 0.6 is 0 Å². The van der Waals surface area contributed by atoms with Crippen molar-refractivity contribution in [3.8, 4) is 0 Å². The number of benzene rings is 1. The van der Waals surface area contributed by atoms with E-state index >= 15 is 0 Å². The van der Waals surface area contributed by atoms with Crippen LogP contribution in [-0.2, 0) is 9.59 Å². The van der Waals surface area contributed by atoms with Gasteiger partial charge in [-0.2, -0.15) is 0 Å². The van der Waals surface area contributed by atoms with E-state index in [4.69, 9.17) is 0 Å². The average molecular weight is 339 g/mol. The lowest BCUT2D eigenvalue weighted by Gasteiger charge is -2.27. The van der Waals surface area contributed by atoms with Crippen molar-refractivity contribution in [3.05, 3.63) is 65.5 Å². The molecule has 0 aliphatic rings. The van der Waals surface area contributed by atoms with Gasteiger partial charge in [-0.05, 0) is 37.1 Å². The van der Waals surface area contributed by atoms with Crippen LogP contribution in [0.2, 0.25) is 0 Å². The molecule has 0 aliphatic carbocycles. The molecule has 2 aromatic rings. The third kappa shape index (κ3) is 5.14. The number of carbonyl (C=O) groups is 2. The van der Waals surface area contributed by atoms with E-state index in [-0.39, 0.29) is 30.3 Å². The van der Waals surface area contributed by atoms with E-state index in [9.17, 15) is 9.59 Å². The summed E-state index contributed by atoms with van der Waals surface area (Å²) in [6, 6.07) is 11.3. The quantitative estimate of drug-likeness (QED) is 0.879. The van der Waals surface area contributed by atoms with Gasteiger partial charge < -0.3 is 10.2 Å². The van der Waals surface area contributed by atoms with Gasteiger partial charge in [-0.25, -0.2) is 0 Å². The first kappa shape index (κ1) is 18.6. The van der Waals surface area contributed by atoms with Crippen LogP contribution in [0.1, 0.15) is 49.0 Å². The first-order valence-electron chi connectivity index (χ1n) is 8.37. The molecule has 0 spiro atoms. The second-order valence-corrected chi connectivity index (χ2v) is 6.33. The molecule has 2 rings (SSSR count). The maximum Gasteiger partial charge on any atom is 0.225 e. The fourth-order valence-corrected chi connectivity index (χ4v) is 2.70. The maximum absolute atomic E-state index is 12.7. The summed E-state index contributed by atoms with van der Waals surface area (Å²) >= 11 is 0. The average Bonchev–Trinajstić information content (AvgIpc) is 2.60. The van der Waals surface area contributed by atoms with Gasteiger partial charge in [0.15, 0.2) is 0 Å². The van der Waals surface area contributed by atoms with Gasteiger partial charge >= 0.3 is 0 Å². The Kier molecular flexibility index (Phi) is 6.28. The summed E-state index contributed by atoms with van der Waals surface area (Å²) in [5, 5.41) is 2.88. The predicted octanol–water partition coefficient (Wildman–Crippen LogP) is 3.18. The Morgan fingerprint density at radius 2 is 1.68 bits per heavy atom. The van der Waals surface area contributed by atoms with Crippen LogP contribution in [0.25, 0.3) is 0 Å². The number of aromatic nitrogens is 1. The van der Waals surface area contributed by atoms with Gasteiger partial charge in [0.25, 0.3) is 0 Å². The van der Waals surface area contributed by atoms with Crippen molar-refractivity contribution in [3.63, 3.8) is 0 Å². The van der Waals surface area contributed by atoms with E-state index in [1.807, 2.05) is 50.2 Å². The van der Waals surface area contributed by atoms with Crippen molar-refractivity contribution < 1.29 is 9.59 Å². The lowest BCUT2D eigenvalue weighted by molar-refractivity contribution is -0.132. The molecule has 0 radical (unpaired) electrons. The Hall–Kier alpha value is -2.69. The first-order valence-corrected chi connectivity index (χ1v) is 8.37. The normalized spacial score (nSPS) is 13.0. The topological polar surface area (TPSA) is 62.3 Å². The fraction of sp³-hybridized carbons (Fsp3) is 0.350. The molecular weight excluding hydrogens is 314 g/mol. The third-order valence-electron chi connectivity index (χ3n) is 4.40. The number of amides is 2. The van der Waals surface area contributed by atoms with Gasteiger partial charge in [0, 0.05) is 26.4 Å². The lowest BCUT2D eigenvalue weighted by atomic mass is 10.0. The number of rotatable bonds is 6. The Bertz CT molecular complexity index is 713. The van der Waals surface area contributed by atoms with E-state index in [0.29, 0.717) is 0 Å². The smallest absolute Gasteiger partial charge is 0.225 e. The van der Waals surface area contributed by atoms with E-state index < -0.39 is 0 Å². The van der Waals surface area contributed by atoms with Crippen LogP contribution in [0.4, 0.5) is 0 Å². The molecule has 2 amide bonds. The van der Waals surface area contributed by atoms with E-state index in [1.54, 1.807) is 24.3 Å². The summed E-state index contributed by atoms with van der Waals surface area (Å²) in [5.74, 6) is -0.174. The number of nitrogens with one attached hydrogen (secondary N) is 1. The molecule has 132 valence electrons. The Morgan fingerprint density at radius 1 is 1.08 bits per heavy atom. The number of carbonyl (C=O) groups excluding carboxylic acids is 2. The molecule has 25 heavy (non-hydrogen) atoms. The van der Waals surface area contributed by atoms with Gasteiger partial charge in [-0.15, -0.1) is 0 Å².